The minimum atomic E-state index is -3.92. The highest BCUT2D eigenvalue weighted by molar-refractivity contribution is 8.13. The number of esters is 2. The van der Waals surface area contributed by atoms with Crippen LogP contribution in [0.3, 0.4) is 0 Å². The molecule has 20 heteroatoms. The highest BCUT2D eigenvalue weighted by atomic mass is 35.7. The van der Waals surface area contributed by atoms with Crippen LogP contribution in [-0.2, 0) is 57.8 Å². The molecule has 2 fully saturated rings. The summed E-state index contributed by atoms with van der Waals surface area (Å²) in [5.74, 6) is -1.64. The molecule has 0 aliphatic carbocycles. The molecule has 0 saturated carbocycles. The van der Waals surface area contributed by atoms with Gasteiger partial charge in [0, 0.05) is 29.5 Å². The van der Waals surface area contributed by atoms with Gasteiger partial charge in [0.25, 0.3) is 35.0 Å². The van der Waals surface area contributed by atoms with E-state index in [-0.39, 0.29) is 59.6 Å². The van der Waals surface area contributed by atoms with E-state index in [9.17, 15) is 39.6 Å². The highest BCUT2D eigenvalue weighted by Crippen LogP contribution is 2.29. The Morgan fingerprint density at radius 3 is 1.25 bits per heavy atom. The number of carbonyl (C=O) groups is 3. The lowest BCUT2D eigenvalue weighted by atomic mass is 10.1. The first-order chi connectivity index (χ1) is 37.1. The Hall–Kier alpha value is -6.77. The number of amides is 1. The third-order valence-electron chi connectivity index (χ3n) is 12.6. The molecule has 6 aromatic rings. The SMILES string of the molecule is C.C.C.C1CCNC1.CCc1cccc(C)c1N.CCc1cccc(C)c1NS(=O)(=O)c1ccccc1C(=O)N1CCCC1.CCc1cccc(C)c1NS(=O)(=O)c1ccccc1C(=O)OC.COC(=O)c1ccccc1S(=O)(=O)Cl. The van der Waals surface area contributed by atoms with Gasteiger partial charge in [0.15, 0.2) is 0 Å². The van der Waals surface area contributed by atoms with Gasteiger partial charge in [-0.05, 0) is 149 Å². The number of hydrogen-bond donors (Lipinski definition) is 4. The van der Waals surface area contributed by atoms with E-state index in [0.717, 1.165) is 47.2 Å². The van der Waals surface area contributed by atoms with Crippen LogP contribution in [0.5, 0.6) is 0 Å². The van der Waals surface area contributed by atoms with Crippen LogP contribution in [0.4, 0.5) is 17.1 Å². The first kappa shape index (κ1) is 72.2. The van der Waals surface area contributed by atoms with Gasteiger partial charge in [-0.1, -0.05) is 134 Å². The lowest BCUT2D eigenvalue weighted by Gasteiger charge is -2.19. The van der Waals surface area contributed by atoms with E-state index in [4.69, 9.17) is 16.4 Å². The van der Waals surface area contributed by atoms with Crippen molar-refractivity contribution in [3.05, 3.63) is 177 Å². The van der Waals surface area contributed by atoms with Gasteiger partial charge in [0.2, 0.25) is 0 Å². The highest BCUT2D eigenvalue weighted by Gasteiger charge is 2.28. The van der Waals surface area contributed by atoms with E-state index in [1.165, 1.54) is 93.7 Å². The van der Waals surface area contributed by atoms with Crippen LogP contribution in [0, 0.1) is 20.8 Å². The Bertz CT molecular complexity index is 3340. The maximum absolute atomic E-state index is 13.1. The number of sulfonamides is 2. The fourth-order valence-electron chi connectivity index (χ4n) is 8.30. The molecular weight excluding hydrogens is 1110 g/mol. The average Bonchev–Trinajstić information content (AvgIpc) is 4.22. The number of halogens is 1. The van der Waals surface area contributed by atoms with Crippen LogP contribution < -0.4 is 20.5 Å². The second-order valence-electron chi connectivity index (χ2n) is 18.0. The normalized spacial score (nSPS) is 12.4. The van der Waals surface area contributed by atoms with Crippen molar-refractivity contribution in [1.29, 1.82) is 0 Å². The smallest absolute Gasteiger partial charge is 0.339 e. The first-order valence-corrected chi connectivity index (χ1v) is 30.8. The van der Waals surface area contributed by atoms with E-state index in [1.807, 2.05) is 83.1 Å². The van der Waals surface area contributed by atoms with E-state index >= 15 is 0 Å². The third kappa shape index (κ3) is 20.6. The van der Waals surface area contributed by atoms with Crippen molar-refractivity contribution in [2.24, 2.45) is 0 Å². The predicted octanol–water partition coefficient (Wildman–Crippen LogP) is 12.6. The van der Waals surface area contributed by atoms with Gasteiger partial charge in [0.05, 0.1) is 47.2 Å². The van der Waals surface area contributed by atoms with Crippen molar-refractivity contribution in [2.45, 2.75) is 123 Å². The minimum Gasteiger partial charge on any atom is -0.465 e. The van der Waals surface area contributed by atoms with Gasteiger partial charge < -0.3 is 25.4 Å². The molecular formula is C61H84ClN5O11S3. The third-order valence-corrected chi connectivity index (χ3v) is 16.8. The maximum Gasteiger partial charge on any atom is 0.339 e. The molecule has 6 aromatic carbocycles. The number of para-hydroxylation sites is 3. The molecule has 2 saturated heterocycles. The van der Waals surface area contributed by atoms with Crippen LogP contribution in [0.25, 0.3) is 0 Å². The molecule has 0 bridgehead atoms. The van der Waals surface area contributed by atoms with Gasteiger partial charge in [-0.25, -0.2) is 34.8 Å². The molecule has 0 spiro atoms. The quantitative estimate of drug-likeness (QED) is 0.0479. The molecule has 2 aliphatic heterocycles. The number of benzene rings is 6. The van der Waals surface area contributed by atoms with Crippen molar-refractivity contribution in [3.63, 3.8) is 0 Å². The topological polar surface area (TPSA) is 237 Å². The van der Waals surface area contributed by atoms with E-state index in [0.29, 0.717) is 37.3 Å². The summed E-state index contributed by atoms with van der Waals surface area (Å²) in [6.45, 7) is 15.7. The lowest BCUT2D eigenvalue weighted by molar-refractivity contribution is 0.0587. The molecule has 2 aliphatic rings. The van der Waals surface area contributed by atoms with Crippen LogP contribution in [0.15, 0.2) is 142 Å². The number of anilines is 3. The lowest BCUT2D eigenvalue weighted by Crippen LogP contribution is -2.29. The van der Waals surface area contributed by atoms with Crippen molar-refractivity contribution < 1.29 is 49.1 Å². The molecule has 16 nitrogen and oxygen atoms in total. The maximum atomic E-state index is 13.1. The number of rotatable bonds is 13. The molecule has 5 N–H and O–H groups in total. The van der Waals surface area contributed by atoms with Gasteiger partial charge in [-0.2, -0.15) is 0 Å². The van der Waals surface area contributed by atoms with E-state index in [1.54, 1.807) is 35.2 Å². The van der Waals surface area contributed by atoms with Gasteiger partial charge >= 0.3 is 11.9 Å². The fourth-order valence-corrected chi connectivity index (χ4v) is 12.1. The van der Waals surface area contributed by atoms with E-state index < -0.39 is 41.0 Å². The van der Waals surface area contributed by atoms with E-state index in [2.05, 4.69) is 37.2 Å². The fraction of sp³-hybridized carbons (Fsp3) is 0.361. The Morgan fingerprint density at radius 2 is 0.877 bits per heavy atom. The van der Waals surface area contributed by atoms with Gasteiger partial charge in [-0.15, -0.1) is 0 Å². The number of nitrogens with one attached hydrogen (secondary N) is 3. The first-order valence-electron chi connectivity index (χ1n) is 25.5. The molecule has 81 heavy (non-hydrogen) atoms. The predicted molar refractivity (Wildman–Crippen MR) is 330 cm³/mol. The van der Waals surface area contributed by atoms with Crippen molar-refractivity contribution >= 4 is 74.7 Å². The monoisotopic (exact) mass is 1190 g/mol. The number of hydrogen-bond acceptors (Lipinski definition) is 13. The summed E-state index contributed by atoms with van der Waals surface area (Å²) < 4.78 is 88.1. The molecule has 0 aromatic heterocycles. The van der Waals surface area contributed by atoms with Crippen molar-refractivity contribution in [2.75, 3.05) is 55.6 Å². The Morgan fingerprint density at radius 1 is 0.519 bits per heavy atom. The number of likely N-dealkylation sites (tertiary alicyclic amines) is 1. The Kier molecular flexibility index (Phi) is 30.8. The van der Waals surface area contributed by atoms with Gasteiger partial charge in [0.1, 0.15) is 9.79 Å². The summed E-state index contributed by atoms with van der Waals surface area (Å²) in [4.78, 5) is 37.1. The Balaban J connectivity index is 0.000000542. The van der Waals surface area contributed by atoms with Crippen LogP contribution in [0.2, 0.25) is 0 Å². The number of nitrogen functional groups attached to an aromatic ring is 1. The Labute approximate surface area is 487 Å². The van der Waals surface area contributed by atoms with Crippen LogP contribution >= 0.6 is 10.7 Å². The molecule has 8 rings (SSSR count). The molecule has 0 atom stereocenters. The van der Waals surface area contributed by atoms with Gasteiger partial charge in [-0.3, -0.25) is 14.2 Å². The van der Waals surface area contributed by atoms with Crippen LogP contribution in [0.1, 0.15) is 133 Å². The zero-order valence-corrected chi connectivity index (χ0v) is 48.7. The minimum absolute atomic E-state index is 0. The summed E-state index contributed by atoms with van der Waals surface area (Å²) >= 11 is 0. The zero-order valence-electron chi connectivity index (χ0n) is 45.5. The summed E-state index contributed by atoms with van der Waals surface area (Å²) in [5.41, 5.74) is 14.0. The average molecular weight is 1200 g/mol. The van der Waals surface area contributed by atoms with Crippen LogP contribution in [-0.4, -0.2) is 88.4 Å². The second kappa shape index (κ2) is 34.5. The zero-order chi connectivity index (χ0) is 57.6. The summed E-state index contributed by atoms with van der Waals surface area (Å²) in [7, 11) is -4.18. The number of carbonyl (C=O) groups excluding carboxylic acids is 3. The molecule has 0 radical (unpaired) electrons. The molecule has 1 amide bonds. The number of aryl methyl sites for hydroxylation is 6. The molecule has 444 valence electrons. The molecule has 0 unspecified atom stereocenters. The van der Waals surface area contributed by atoms with Crippen molar-refractivity contribution in [3.8, 4) is 0 Å². The van der Waals surface area contributed by atoms with Crippen molar-refractivity contribution in [1.82, 2.24) is 10.2 Å². The molecule has 2 heterocycles. The largest absolute Gasteiger partial charge is 0.465 e. The summed E-state index contributed by atoms with van der Waals surface area (Å²) in [6, 6.07) is 35.4. The summed E-state index contributed by atoms with van der Waals surface area (Å²) in [6.07, 6.45) is 7.13. The standard InChI is InChI=1S/C20H24N2O3S.C17H19NO4S.C9H13N.C8H7ClO4S.C4H9N.3CH4/c1-3-16-10-8-9-15(2)19(16)21-26(24,25)18-12-5-4-11-17(18)20(23)22-13-6-7-14-22;1-4-13-9-7-8-12(2)16(13)18-23(20,21)15-11-6-5-10-14(15)17(19)22-3;1-3-8-6-4-5-7(2)9(8)10;1-13-8(10)6-4-2-3-5-7(6)14(9,11)12;1-2-4-5-3-1;;;/h4-5,8-12,21H,3,6-7,13-14H2,1-2H3;5-11,18H,4H2,1-3H3;4-6H,3,10H2,1-2H3;2-5H,1H3;5H,1-4H2;3*1H4. The number of ether oxygens (including phenoxy) is 2. The number of nitrogens with zero attached hydrogens (tertiary/aromatic N) is 1. The number of methoxy groups -OCH3 is 2. The second-order valence-corrected chi connectivity index (χ2v) is 23.8. The number of nitrogens with two attached hydrogens (primary N) is 1. The summed E-state index contributed by atoms with van der Waals surface area (Å²) in [5, 5.41) is 3.22.